The van der Waals surface area contributed by atoms with Gasteiger partial charge in [-0.25, -0.2) is 9.79 Å². The van der Waals surface area contributed by atoms with Crippen LogP contribution in [-0.4, -0.2) is 43.5 Å². The second-order valence-corrected chi connectivity index (χ2v) is 7.90. The Bertz CT molecular complexity index is 1030. The van der Waals surface area contributed by atoms with E-state index in [0.717, 1.165) is 5.56 Å². The normalized spacial score (nSPS) is 15.5. The van der Waals surface area contributed by atoms with Crippen LogP contribution in [-0.2, 0) is 9.53 Å². The Morgan fingerprint density at radius 1 is 1.00 bits per heavy atom. The zero-order valence-corrected chi connectivity index (χ0v) is 19.3. The van der Waals surface area contributed by atoms with Crippen LogP contribution in [0.15, 0.2) is 64.8 Å². The van der Waals surface area contributed by atoms with Gasteiger partial charge in [-0.3, -0.25) is 4.79 Å². The Morgan fingerprint density at radius 3 is 2.16 bits per heavy atom. The van der Waals surface area contributed by atoms with E-state index in [1.807, 2.05) is 31.2 Å². The van der Waals surface area contributed by atoms with E-state index in [2.05, 4.69) is 5.32 Å². The number of rotatable bonds is 8. The van der Waals surface area contributed by atoms with Gasteiger partial charge in [0.15, 0.2) is 11.0 Å². The molecule has 0 aromatic heterocycles. The van der Waals surface area contributed by atoms with E-state index < -0.39 is 12.0 Å². The summed E-state index contributed by atoms with van der Waals surface area (Å²) in [6.45, 7) is 3.84. The van der Waals surface area contributed by atoms with E-state index in [1.165, 1.54) is 11.8 Å². The van der Waals surface area contributed by atoms with E-state index in [9.17, 15) is 9.59 Å². The summed E-state index contributed by atoms with van der Waals surface area (Å²) in [7, 11) is 3.18. The summed E-state index contributed by atoms with van der Waals surface area (Å²) in [5, 5.41) is 3.72. The third kappa shape index (κ3) is 5.50. The van der Waals surface area contributed by atoms with Gasteiger partial charge in [0.25, 0.3) is 0 Å². The fourth-order valence-corrected chi connectivity index (χ4v) is 4.06. The average Bonchev–Trinajstić information content (AvgIpc) is 2.82. The van der Waals surface area contributed by atoms with Crippen molar-refractivity contribution >= 4 is 28.7 Å². The highest BCUT2D eigenvalue weighted by Crippen LogP contribution is 2.33. The van der Waals surface area contributed by atoms with Crippen LogP contribution in [0.5, 0.6) is 11.5 Å². The third-order valence-electron chi connectivity index (χ3n) is 4.90. The van der Waals surface area contributed by atoms with Crippen LogP contribution in [0, 0.1) is 0 Å². The molecule has 0 unspecified atom stereocenters. The Hall–Kier alpha value is -3.26. The number of nitrogens with one attached hydrogen (secondary N) is 1. The summed E-state index contributed by atoms with van der Waals surface area (Å²) in [5.74, 6) is 1.17. The third-order valence-corrected chi connectivity index (χ3v) is 5.78. The highest BCUT2D eigenvalue weighted by atomic mass is 32.2. The van der Waals surface area contributed by atoms with Crippen molar-refractivity contribution in [3.8, 4) is 11.5 Å². The minimum absolute atomic E-state index is 0.0269. The zero-order valence-electron chi connectivity index (χ0n) is 18.5. The first-order chi connectivity index (χ1) is 15.5. The van der Waals surface area contributed by atoms with Crippen molar-refractivity contribution in [2.75, 3.05) is 26.6 Å². The minimum atomic E-state index is -0.542. The Kier molecular flexibility index (Phi) is 7.94. The maximum Gasteiger partial charge on any atom is 0.338 e. The van der Waals surface area contributed by atoms with Crippen molar-refractivity contribution in [1.29, 1.82) is 0 Å². The van der Waals surface area contributed by atoms with Crippen molar-refractivity contribution in [3.05, 3.63) is 70.9 Å². The number of aliphatic imine (C=N–C) groups is 1. The number of carbonyl (C=O) groups is 2. The van der Waals surface area contributed by atoms with E-state index in [4.69, 9.17) is 19.2 Å². The molecule has 2 aromatic rings. The molecule has 1 aliphatic heterocycles. The number of thioether (sulfide) groups is 1. The van der Waals surface area contributed by atoms with Crippen LogP contribution < -0.4 is 14.8 Å². The van der Waals surface area contributed by atoms with Crippen LogP contribution in [0.25, 0.3) is 0 Å². The van der Waals surface area contributed by atoms with Gasteiger partial charge >= 0.3 is 5.97 Å². The molecule has 7 nitrogen and oxygen atoms in total. The number of amidine groups is 1. The van der Waals surface area contributed by atoms with Gasteiger partial charge in [-0.1, -0.05) is 23.9 Å². The predicted molar refractivity (Wildman–Crippen MR) is 125 cm³/mol. The highest BCUT2D eigenvalue weighted by molar-refractivity contribution is 8.14. The molecule has 0 amide bonds. The van der Waals surface area contributed by atoms with Crippen molar-refractivity contribution in [2.24, 2.45) is 4.99 Å². The summed E-state index contributed by atoms with van der Waals surface area (Å²) in [6.07, 6.45) is 0. The molecule has 0 aliphatic carbocycles. The summed E-state index contributed by atoms with van der Waals surface area (Å²) < 4.78 is 15.6. The highest BCUT2D eigenvalue weighted by Gasteiger charge is 2.30. The number of nitrogens with zero attached hydrogens (tertiary/aromatic N) is 1. The molecule has 0 bridgehead atoms. The number of hydrogen-bond acceptors (Lipinski definition) is 8. The SMILES string of the molecule is CCOC(=O)C1=C(C)NC(SCC(=O)c2ccc(OC)cc2)=N[C@@H]1c1ccc(OC)cc1. The fraction of sp³-hybridized carbons (Fsp3) is 0.292. The van der Waals surface area contributed by atoms with Gasteiger partial charge in [-0.05, 0) is 55.8 Å². The molecule has 2 aromatic carbocycles. The first-order valence-corrected chi connectivity index (χ1v) is 11.1. The summed E-state index contributed by atoms with van der Waals surface area (Å²) in [4.78, 5) is 30.0. The molecule has 0 saturated heterocycles. The van der Waals surface area contributed by atoms with Gasteiger partial charge in [0.1, 0.15) is 17.5 Å². The van der Waals surface area contributed by atoms with Crippen LogP contribution in [0.3, 0.4) is 0 Å². The molecule has 1 N–H and O–H groups in total. The van der Waals surface area contributed by atoms with Crippen molar-refractivity contribution in [2.45, 2.75) is 19.9 Å². The van der Waals surface area contributed by atoms with E-state index in [-0.39, 0.29) is 18.1 Å². The molecule has 1 aliphatic rings. The average molecular weight is 455 g/mol. The summed E-state index contributed by atoms with van der Waals surface area (Å²) in [6, 6.07) is 13.8. The predicted octanol–water partition coefficient (Wildman–Crippen LogP) is 4.16. The van der Waals surface area contributed by atoms with E-state index in [0.29, 0.717) is 33.5 Å². The van der Waals surface area contributed by atoms with Gasteiger partial charge in [0, 0.05) is 11.3 Å². The lowest BCUT2D eigenvalue weighted by molar-refractivity contribution is -0.138. The number of methoxy groups -OCH3 is 2. The maximum absolute atomic E-state index is 12.6. The van der Waals surface area contributed by atoms with Gasteiger partial charge in [-0.2, -0.15) is 0 Å². The Labute approximate surface area is 191 Å². The van der Waals surface area contributed by atoms with Crippen LogP contribution in [0.4, 0.5) is 0 Å². The number of Topliss-reactive ketones (excluding diaryl/α,β-unsaturated/α-hetero) is 1. The molecular formula is C24H26N2O5S. The molecule has 1 atom stereocenters. The molecule has 3 rings (SSSR count). The van der Waals surface area contributed by atoms with Crippen molar-refractivity contribution in [3.63, 3.8) is 0 Å². The Morgan fingerprint density at radius 2 is 1.59 bits per heavy atom. The number of ether oxygens (including phenoxy) is 3. The van der Waals surface area contributed by atoms with Crippen LogP contribution in [0.1, 0.15) is 35.8 Å². The molecule has 8 heteroatoms. The molecule has 0 spiro atoms. The van der Waals surface area contributed by atoms with E-state index >= 15 is 0 Å². The number of hydrogen-bond donors (Lipinski definition) is 1. The minimum Gasteiger partial charge on any atom is -0.497 e. The second kappa shape index (κ2) is 10.9. The summed E-state index contributed by atoms with van der Waals surface area (Å²) >= 11 is 1.29. The monoisotopic (exact) mass is 454 g/mol. The Balaban J connectivity index is 1.81. The molecule has 0 fully saturated rings. The fourth-order valence-electron chi connectivity index (χ4n) is 3.22. The molecule has 1 heterocycles. The zero-order chi connectivity index (χ0) is 23.1. The van der Waals surface area contributed by atoms with Crippen LogP contribution >= 0.6 is 11.8 Å². The number of allylic oxidation sites excluding steroid dienone is 1. The van der Waals surface area contributed by atoms with Gasteiger partial charge < -0.3 is 19.5 Å². The maximum atomic E-state index is 12.6. The van der Waals surface area contributed by atoms with Crippen LogP contribution in [0.2, 0.25) is 0 Å². The summed E-state index contributed by atoms with van der Waals surface area (Å²) in [5.41, 5.74) is 2.52. The molecule has 168 valence electrons. The smallest absolute Gasteiger partial charge is 0.338 e. The number of esters is 1. The quantitative estimate of drug-likeness (QED) is 0.473. The largest absolute Gasteiger partial charge is 0.497 e. The first kappa shape index (κ1) is 23.4. The number of carbonyl (C=O) groups excluding carboxylic acids is 2. The first-order valence-electron chi connectivity index (χ1n) is 10.1. The van der Waals surface area contributed by atoms with Gasteiger partial charge in [0.2, 0.25) is 0 Å². The second-order valence-electron chi connectivity index (χ2n) is 6.93. The number of ketones is 1. The molecule has 32 heavy (non-hydrogen) atoms. The molecule has 0 saturated carbocycles. The number of benzene rings is 2. The van der Waals surface area contributed by atoms with E-state index in [1.54, 1.807) is 45.4 Å². The molecule has 0 radical (unpaired) electrons. The lowest BCUT2D eigenvalue weighted by Gasteiger charge is -2.25. The topological polar surface area (TPSA) is 86.2 Å². The van der Waals surface area contributed by atoms with Crippen molar-refractivity contribution in [1.82, 2.24) is 5.32 Å². The standard InChI is InChI=1S/C24H26N2O5S/c1-5-31-23(28)21-15(2)25-24(26-22(21)17-8-12-19(30-4)13-9-17)32-14-20(27)16-6-10-18(29-3)11-7-16/h6-13,22H,5,14H2,1-4H3,(H,25,26)/t22-/m1/s1. The lowest BCUT2D eigenvalue weighted by atomic mass is 9.96. The van der Waals surface area contributed by atoms with Crippen molar-refractivity contribution < 1.29 is 23.8 Å². The molecular weight excluding hydrogens is 428 g/mol. The van der Waals surface area contributed by atoms with Gasteiger partial charge in [-0.15, -0.1) is 0 Å². The lowest BCUT2D eigenvalue weighted by Crippen LogP contribution is -2.31. The van der Waals surface area contributed by atoms with Gasteiger partial charge in [0.05, 0.1) is 32.2 Å².